The van der Waals surface area contributed by atoms with Crippen LogP contribution in [0.5, 0.6) is 0 Å². The summed E-state index contributed by atoms with van der Waals surface area (Å²) < 4.78 is 1.90. The van der Waals surface area contributed by atoms with Gasteiger partial charge in [-0.2, -0.15) is 5.26 Å². The summed E-state index contributed by atoms with van der Waals surface area (Å²) in [6, 6.07) is 8.97. The number of nitrogens with zero attached hydrogens (tertiary/aromatic N) is 3. The van der Waals surface area contributed by atoms with E-state index in [4.69, 9.17) is 5.26 Å². The highest BCUT2D eigenvalue weighted by atomic mass is 32.1. The van der Waals surface area contributed by atoms with Gasteiger partial charge in [0, 0.05) is 30.7 Å². The van der Waals surface area contributed by atoms with E-state index in [2.05, 4.69) is 46.8 Å². The minimum atomic E-state index is 0.512. The molecule has 0 saturated carbocycles. The van der Waals surface area contributed by atoms with Gasteiger partial charge in [0.15, 0.2) is 0 Å². The molecule has 3 heterocycles. The fourth-order valence-electron chi connectivity index (χ4n) is 2.92. The summed E-state index contributed by atoms with van der Waals surface area (Å²) in [7, 11) is 1.93. The van der Waals surface area contributed by atoms with E-state index in [1.54, 1.807) is 11.3 Å². The van der Waals surface area contributed by atoms with Crippen LogP contribution in [-0.4, -0.2) is 22.1 Å². The summed E-state index contributed by atoms with van der Waals surface area (Å²) in [6.45, 7) is 2.06. The summed E-state index contributed by atoms with van der Waals surface area (Å²) >= 11 is 1.78. The van der Waals surface area contributed by atoms with E-state index in [1.165, 1.54) is 23.3 Å². The molecular weight excluding hydrogens is 278 g/mol. The molecule has 1 fully saturated rings. The number of likely N-dealkylation sites (tertiary alicyclic amines) is 1. The predicted octanol–water partition coefficient (Wildman–Crippen LogP) is 3.64. The van der Waals surface area contributed by atoms with Crippen molar-refractivity contribution in [1.29, 1.82) is 5.26 Å². The van der Waals surface area contributed by atoms with Crippen LogP contribution in [0.15, 0.2) is 35.9 Å². The van der Waals surface area contributed by atoms with Gasteiger partial charge in [-0.25, -0.2) is 0 Å². The van der Waals surface area contributed by atoms with E-state index in [1.807, 2.05) is 17.7 Å². The summed E-state index contributed by atoms with van der Waals surface area (Å²) in [5.41, 5.74) is 1.96. The first-order chi connectivity index (χ1) is 10.3. The Morgan fingerprint density at radius 3 is 3.14 bits per heavy atom. The lowest BCUT2D eigenvalue weighted by Crippen LogP contribution is -2.26. The molecule has 0 N–H and O–H groups in total. The summed E-state index contributed by atoms with van der Waals surface area (Å²) in [6.07, 6.45) is 9.10. The highest BCUT2D eigenvalue weighted by Crippen LogP contribution is 2.23. The van der Waals surface area contributed by atoms with Crippen molar-refractivity contribution in [3.8, 4) is 6.07 Å². The monoisotopic (exact) mass is 297 g/mol. The third kappa shape index (κ3) is 3.26. The maximum atomic E-state index is 9.04. The quantitative estimate of drug-likeness (QED) is 0.863. The molecule has 21 heavy (non-hydrogen) atoms. The van der Waals surface area contributed by atoms with E-state index in [0.29, 0.717) is 6.04 Å². The van der Waals surface area contributed by atoms with Crippen LogP contribution >= 0.6 is 11.3 Å². The molecule has 1 atom stereocenters. The SMILES string of the molecule is Cn1cc(CN2CCCC2/C=C/c2cccs2)cc1C#N. The number of rotatable bonds is 4. The van der Waals surface area contributed by atoms with Crippen LogP contribution in [0.1, 0.15) is 29.0 Å². The van der Waals surface area contributed by atoms with E-state index >= 15 is 0 Å². The standard InChI is InChI=1S/C17H19N3S/c1-19-12-14(10-16(19)11-18)13-20-8-2-4-15(20)6-7-17-5-3-9-21-17/h3,5-7,9-10,12,15H,2,4,8,13H2,1H3/b7-6+. The zero-order valence-electron chi connectivity index (χ0n) is 12.2. The van der Waals surface area contributed by atoms with Crippen LogP contribution < -0.4 is 0 Å². The molecular formula is C17H19N3S. The van der Waals surface area contributed by atoms with Crippen LogP contribution in [0.25, 0.3) is 6.08 Å². The van der Waals surface area contributed by atoms with Gasteiger partial charge in [-0.05, 0) is 48.5 Å². The minimum Gasteiger partial charge on any atom is -0.342 e. The fourth-order valence-corrected chi connectivity index (χ4v) is 3.55. The average molecular weight is 297 g/mol. The van der Waals surface area contributed by atoms with E-state index in [0.717, 1.165) is 18.8 Å². The Kier molecular flexibility index (Phi) is 4.23. The first kappa shape index (κ1) is 14.1. The molecule has 1 aliphatic rings. The number of hydrogen-bond donors (Lipinski definition) is 0. The summed E-state index contributed by atoms with van der Waals surface area (Å²) in [4.78, 5) is 3.81. The normalized spacial score (nSPS) is 19.3. The number of aryl methyl sites for hydroxylation is 1. The van der Waals surface area contributed by atoms with Crippen molar-refractivity contribution < 1.29 is 0 Å². The van der Waals surface area contributed by atoms with Crippen LogP contribution in [-0.2, 0) is 13.6 Å². The molecule has 0 amide bonds. The molecule has 0 bridgehead atoms. The molecule has 1 saturated heterocycles. The molecule has 1 unspecified atom stereocenters. The number of hydrogen-bond acceptors (Lipinski definition) is 3. The number of aromatic nitrogens is 1. The summed E-state index contributed by atoms with van der Waals surface area (Å²) in [5.74, 6) is 0. The van der Waals surface area contributed by atoms with Gasteiger partial charge in [-0.15, -0.1) is 11.3 Å². The Hall–Kier alpha value is -1.83. The largest absolute Gasteiger partial charge is 0.342 e. The first-order valence-electron chi connectivity index (χ1n) is 7.27. The van der Waals surface area contributed by atoms with Crippen molar-refractivity contribution in [2.45, 2.75) is 25.4 Å². The minimum absolute atomic E-state index is 0.512. The topological polar surface area (TPSA) is 32.0 Å². The van der Waals surface area contributed by atoms with Crippen molar-refractivity contribution in [2.75, 3.05) is 6.54 Å². The van der Waals surface area contributed by atoms with E-state index in [9.17, 15) is 0 Å². The zero-order valence-corrected chi connectivity index (χ0v) is 13.0. The fraction of sp³-hybridized carbons (Fsp3) is 0.353. The Balaban J connectivity index is 1.68. The molecule has 3 nitrogen and oxygen atoms in total. The van der Waals surface area contributed by atoms with Crippen molar-refractivity contribution in [3.05, 3.63) is 52.0 Å². The molecule has 0 spiro atoms. The second-order valence-electron chi connectivity index (χ2n) is 5.51. The lowest BCUT2D eigenvalue weighted by atomic mass is 10.2. The third-order valence-corrected chi connectivity index (χ3v) is 4.84. The predicted molar refractivity (Wildman–Crippen MR) is 86.9 cm³/mol. The highest BCUT2D eigenvalue weighted by molar-refractivity contribution is 7.10. The smallest absolute Gasteiger partial charge is 0.120 e. The van der Waals surface area contributed by atoms with Gasteiger partial charge in [-0.1, -0.05) is 12.1 Å². The van der Waals surface area contributed by atoms with Gasteiger partial charge in [0.1, 0.15) is 11.8 Å². The van der Waals surface area contributed by atoms with E-state index < -0.39 is 0 Å². The Labute approximate surface area is 129 Å². The highest BCUT2D eigenvalue weighted by Gasteiger charge is 2.22. The van der Waals surface area contributed by atoms with Crippen LogP contribution in [0.4, 0.5) is 0 Å². The summed E-state index contributed by atoms with van der Waals surface area (Å²) in [5, 5.41) is 11.2. The molecule has 2 aromatic heterocycles. The van der Waals surface area contributed by atoms with Crippen molar-refractivity contribution in [2.24, 2.45) is 7.05 Å². The van der Waals surface area contributed by atoms with Crippen molar-refractivity contribution in [1.82, 2.24) is 9.47 Å². The second kappa shape index (κ2) is 6.30. The van der Waals surface area contributed by atoms with E-state index in [-0.39, 0.29) is 0 Å². The molecule has 0 aromatic carbocycles. The van der Waals surface area contributed by atoms with Crippen LogP contribution in [0.2, 0.25) is 0 Å². The molecule has 1 aliphatic heterocycles. The molecule has 0 aliphatic carbocycles. The van der Waals surface area contributed by atoms with Crippen LogP contribution in [0, 0.1) is 11.3 Å². The lowest BCUT2D eigenvalue weighted by Gasteiger charge is -2.21. The van der Waals surface area contributed by atoms with Gasteiger partial charge in [0.05, 0.1) is 0 Å². The van der Waals surface area contributed by atoms with Crippen molar-refractivity contribution >= 4 is 17.4 Å². The van der Waals surface area contributed by atoms with Crippen molar-refractivity contribution in [3.63, 3.8) is 0 Å². The van der Waals surface area contributed by atoms with Gasteiger partial charge >= 0.3 is 0 Å². The maximum Gasteiger partial charge on any atom is 0.120 e. The van der Waals surface area contributed by atoms with Crippen LogP contribution in [0.3, 0.4) is 0 Å². The average Bonchev–Trinajstić information content (AvgIpc) is 3.18. The molecule has 3 rings (SSSR count). The number of thiophene rings is 1. The van der Waals surface area contributed by atoms with Gasteiger partial charge in [0.2, 0.25) is 0 Å². The van der Waals surface area contributed by atoms with Gasteiger partial charge < -0.3 is 4.57 Å². The van der Waals surface area contributed by atoms with Gasteiger partial charge in [0.25, 0.3) is 0 Å². The molecule has 4 heteroatoms. The Morgan fingerprint density at radius 2 is 2.43 bits per heavy atom. The maximum absolute atomic E-state index is 9.04. The molecule has 108 valence electrons. The molecule has 2 aromatic rings. The first-order valence-corrected chi connectivity index (χ1v) is 8.15. The zero-order chi connectivity index (χ0) is 14.7. The number of nitriles is 1. The second-order valence-corrected chi connectivity index (χ2v) is 6.49. The third-order valence-electron chi connectivity index (χ3n) is 4.00. The Bertz CT molecular complexity index is 661. The lowest BCUT2D eigenvalue weighted by molar-refractivity contribution is 0.282. The Morgan fingerprint density at radius 1 is 1.52 bits per heavy atom. The van der Waals surface area contributed by atoms with Gasteiger partial charge in [-0.3, -0.25) is 4.90 Å². The molecule has 0 radical (unpaired) electrons.